The Labute approximate surface area is 140 Å². The molecule has 0 fully saturated rings. The minimum Gasteiger partial charge on any atom is -0.346 e. The van der Waals surface area contributed by atoms with E-state index in [0.29, 0.717) is 5.69 Å². The number of aromatic nitrogens is 2. The maximum Gasteiger partial charge on any atom is 0.271 e. The van der Waals surface area contributed by atoms with Gasteiger partial charge in [0.05, 0.1) is 5.69 Å². The standard InChI is InChI=1S/C18H21N3OS/c1-5-21-14-9-7-6-8-12(14)10-15(21)17-19-13(11-23-17)16(22)20-18(2,3)4/h6-11H,5H2,1-4H3,(H,20,22). The number of rotatable bonds is 3. The molecule has 0 saturated heterocycles. The molecule has 0 saturated carbocycles. The molecule has 5 heteroatoms. The number of thiazole rings is 1. The summed E-state index contributed by atoms with van der Waals surface area (Å²) >= 11 is 1.51. The first kappa shape index (κ1) is 15.7. The number of nitrogens with one attached hydrogen (secondary N) is 1. The van der Waals surface area contributed by atoms with E-state index in [2.05, 4.69) is 40.0 Å². The highest BCUT2D eigenvalue weighted by Crippen LogP contribution is 2.30. The minimum atomic E-state index is -0.265. The number of nitrogens with zero attached hydrogens (tertiary/aromatic N) is 2. The van der Waals surface area contributed by atoms with Crippen molar-refractivity contribution in [3.63, 3.8) is 0 Å². The number of carbonyl (C=O) groups is 1. The van der Waals surface area contributed by atoms with Crippen molar-refractivity contribution in [2.75, 3.05) is 0 Å². The van der Waals surface area contributed by atoms with Gasteiger partial charge in [0.25, 0.3) is 5.91 Å². The van der Waals surface area contributed by atoms with E-state index in [1.165, 1.54) is 22.2 Å². The second-order valence-corrected chi connectivity index (χ2v) is 7.43. The van der Waals surface area contributed by atoms with Crippen LogP contribution in [0.5, 0.6) is 0 Å². The van der Waals surface area contributed by atoms with Gasteiger partial charge in [-0.15, -0.1) is 11.3 Å². The van der Waals surface area contributed by atoms with Gasteiger partial charge in [0.2, 0.25) is 0 Å². The van der Waals surface area contributed by atoms with E-state index in [9.17, 15) is 4.79 Å². The highest BCUT2D eigenvalue weighted by Gasteiger charge is 2.19. The largest absolute Gasteiger partial charge is 0.346 e. The van der Waals surface area contributed by atoms with Gasteiger partial charge in [-0.05, 0) is 39.8 Å². The van der Waals surface area contributed by atoms with E-state index in [4.69, 9.17) is 0 Å². The monoisotopic (exact) mass is 327 g/mol. The molecule has 2 aromatic heterocycles. The molecule has 3 rings (SSSR count). The molecule has 4 nitrogen and oxygen atoms in total. The summed E-state index contributed by atoms with van der Waals surface area (Å²) in [6, 6.07) is 10.4. The van der Waals surface area contributed by atoms with Crippen molar-refractivity contribution < 1.29 is 4.79 Å². The average Bonchev–Trinajstić information content (AvgIpc) is 3.09. The first-order chi connectivity index (χ1) is 10.9. The predicted octanol–water partition coefficient (Wildman–Crippen LogP) is 4.31. The van der Waals surface area contributed by atoms with Crippen LogP contribution >= 0.6 is 11.3 Å². The Morgan fingerprint density at radius 1 is 1.30 bits per heavy atom. The summed E-state index contributed by atoms with van der Waals surface area (Å²) in [4.78, 5) is 16.8. The summed E-state index contributed by atoms with van der Waals surface area (Å²) in [5.41, 5.74) is 2.47. The molecule has 0 atom stereocenters. The van der Waals surface area contributed by atoms with Crippen LogP contribution in [0.2, 0.25) is 0 Å². The Bertz CT molecular complexity index is 855. The third-order valence-electron chi connectivity index (χ3n) is 3.57. The number of hydrogen-bond donors (Lipinski definition) is 1. The van der Waals surface area contributed by atoms with E-state index in [0.717, 1.165) is 17.2 Å². The predicted molar refractivity (Wildman–Crippen MR) is 95.9 cm³/mol. The van der Waals surface area contributed by atoms with E-state index in [-0.39, 0.29) is 11.4 Å². The van der Waals surface area contributed by atoms with Crippen molar-refractivity contribution in [2.45, 2.75) is 39.8 Å². The van der Waals surface area contributed by atoms with Crippen molar-refractivity contribution in [3.8, 4) is 10.7 Å². The van der Waals surface area contributed by atoms with Crippen molar-refractivity contribution in [2.24, 2.45) is 0 Å². The third-order valence-corrected chi connectivity index (χ3v) is 4.44. The van der Waals surface area contributed by atoms with Crippen molar-refractivity contribution in [1.82, 2.24) is 14.9 Å². The van der Waals surface area contributed by atoms with E-state index < -0.39 is 0 Å². The van der Waals surface area contributed by atoms with Gasteiger partial charge in [-0.25, -0.2) is 4.98 Å². The molecule has 1 N–H and O–H groups in total. The van der Waals surface area contributed by atoms with Crippen LogP contribution in [0.3, 0.4) is 0 Å². The maximum absolute atomic E-state index is 12.3. The van der Waals surface area contributed by atoms with Crippen LogP contribution in [0.4, 0.5) is 0 Å². The summed E-state index contributed by atoms with van der Waals surface area (Å²) in [7, 11) is 0. The lowest BCUT2D eigenvalue weighted by Gasteiger charge is -2.19. The number of carbonyl (C=O) groups excluding carboxylic acids is 1. The average molecular weight is 327 g/mol. The molecular weight excluding hydrogens is 306 g/mol. The molecule has 23 heavy (non-hydrogen) atoms. The molecule has 0 aliphatic heterocycles. The van der Waals surface area contributed by atoms with Gasteiger partial charge in [0.1, 0.15) is 10.7 Å². The molecular formula is C18H21N3OS. The number of para-hydroxylation sites is 1. The summed E-state index contributed by atoms with van der Waals surface area (Å²) < 4.78 is 2.24. The SMILES string of the molecule is CCn1c(-c2nc(C(=O)NC(C)(C)C)cs2)cc2ccccc21. The van der Waals surface area contributed by atoms with Crippen LogP contribution in [-0.2, 0) is 6.54 Å². The zero-order chi connectivity index (χ0) is 16.6. The highest BCUT2D eigenvalue weighted by molar-refractivity contribution is 7.13. The number of hydrogen-bond acceptors (Lipinski definition) is 3. The molecule has 2 heterocycles. The lowest BCUT2D eigenvalue weighted by Crippen LogP contribution is -2.40. The van der Waals surface area contributed by atoms with Crippen LogP contribution in [-0.4, -0.2) is 21.0 Å². The fraction of sp³-hybridized carbons (Fsp3) is 0.333. The summed E-state index contributed by atoms with van der Waals surface area (Å²) in [6.45, 7) is 8.89. The molecule has 0 radical (unpaired) electrons. The van der Waals surface area contributed by atoms with Gasteiger partial charge in [-0.3, -0.25) is 4.79 Å². The summed E-state index contributed by atoms with van der Waals surface area (Å²) in [5, 5.41) is 6.85. The topological polar surface area (TPSA) is 46.9 Å². The van der Waals surface area contributed by atoms with Gasteiger partial charge in [0.15, 0.2) is 0 Å². The van der Waals surface area contributed by atoms with Crippen molar-refractivity contribution in [3.05, 3.63) is 41.4 Å². The molecule has 0 aliphatic rings. The molecule has 1 amide bonds. The maximum atomic E-state index is 12.3. The third kappa shape index (κ3) is 3.15. The van der Waals surface area contributed by atoms with Crippen molar-refractivity contribution in [1.29, 1.82) is 0 Å². The fourth-order valence-electron chi connectivity index (χ4n) is 2.63. The van der Waals surface area contributed by atoms with E-state index in [1.807, 2.05) is 38.3 Å². The Morgan fingerprint density at radius 2 is 2.04 bits per heavy atom. The molecule has 1 aromatic carbocycles. The smallest absolute Gasteiger partial charge is 0.271 e. The summed E-state index contributed by atoms with van der Waals surface area (Å²) in [6.07, 6.45) is 0. The van der Waals surface area contributed by atoms with E-state index >= 15 is 0 Å². The lowest BCUT2D eigenvalue weighted by atomic mass is 10.1. The number of amides is 1. The Morgan fingerprint density at radius 3 is 2.74 bits per heavy atom. The Hall–Kier alpha value is -2.14. The molecule has 0 unspecified atom stereocenters. The van der Waals surface area contributed by atoms with Gasteiger partial charge in [0, 0.05) is 28.4 Å². The van der Waals surface area contributed by atoms with Crippen LogP contribution in [0.15, 0.2) is 35.7 Å². The molecule has 0 bridgehead atoms. The zero-order valence-electron chi connectivity index (χ0n) is 13.9. The number of aryl methyl sites for hydroxylation is 1. The van der Waals surface area contributed by atoms with Crippen molar-refractivity contribution >= 4 is 28.1 Å². The van der Waals surface area contributed by atoms with Gasteiger partial charge in [-0.2, -0.15) is 0 Å². The number of benzene rings is 1. The van der Waals surface area contributed by atoms with Gasteiger partial charge >= 0.3 is 0 Å². The molecule has 0 aliphatic carbocycles. The normalized spacial score (nSPS) is 11.8. The first-order valence-electron chi connectivity index (χ1n) is 7.76. The van der Waals surface area contributed by atoms with Gasteiger partial charge in [-0.1, -0.05) is 18.2 Å². The Kier molecular flexibility index (Phi) is 3.98. The number of fused-ring (bicyclic) bond motifs is 1. The summed E-state index contributed by atoms with van der Waals surface area (Å²) in [5.74, 6) is -0.126. The molecule has 120 valence electrons. The molecule has 3 aromatic rings. The highest BCUT2D eigenvalue weighted by atomic mass is 32.1. The zero-order valence-corrected chi connectivity index (χ0v) is 14.7. The van der Waals surface area contributed by atoms with Crippen LogP contribution in [0, 0.1) is 0 Å². The second-order valence-electron chi connectivity index (χ2n) is 6.57. The lowest BCUT2D eigenvalue weighted by molar-refractivity contribution is 0.0915. The Balaban J connectivity index is 1.99. The van der Waals surface area contributed by atoms with Crippen LogP contribution < -0.4 is 5.32 Å². The minimum absolute atomic E-state index is 0.126. The van der Waals surface area contributed by atoms with E-state index in [1.54, 1.807) is 0 Å². The molecule has 0 spiro atoms. The fourth-order valence-corrected chi connectivity index (χ4v) is 3.45. The van der Waals surface area contributed by atoms with Crippen LogP contribution in [0.25, 0.3) is 21.6 Å². The van der Waals surface area contributed by atoms with Gasteiger partial charge < -0.3 is 9.88 Å². The second kappa shape index (κ2) is 5.81. The quantitative estimate of drug-likeness (QED) is 0.779. The van der Waals surface area contributed by atoms with Crippen LogP contribution in [0.1, 0.15) is 38.2 Å². The first-order valence-corrected chi connectivity index (χ1v) is 8.63.